The van der Waals surface area contributed by atoms with Crippen LogP contribution in [0.25, 0.3) is 0 Å². The molecule has 2 saturated heterocycles. The number of hydrogen-bond acceptors (Lipinski definition) is 4. The minimum absolute atomic E-state index is 0.254. The predicted molar refractivity (Wildman–Crippen MR) is 93.3 cm³/mol. The number of carbonyl (C=O) groups is 1. The van der Waals surface area contributed by atoms with Crippen molar-refractivity contribution in [3.8, 4) is 5.75 Å². The highest BCUT2D eigenvalue weighted by Gasteiger charge is 2.24. The average molecular weight is 332 g/mol. The summed E-state index contributed by atoms with van der Waals surface area (Å²) in [7, 11) is 1.71. The Hall–Kier alpha value is -1.59. The van der Waals surface area contributed by atoms with Crippen molar-refractivity contribution in [2.75, 3.05) is 53.0 Å². The summed E-state index contributed by atoms with van der Waals surface area (Å²) in [5, 5.41) is 0. The smallest absolute Gasteiger partial charge is 0.236 e. The molecule has 0 N–H and O–H groups in total. The number of rotatable bonds is 5. The van der Waals surface area contributed by atoms with Crippen molar-refractivity contribution >= 4 is 5.91 Å². The second-order valence-electron chi connectivity index (χ2n) is 6.77. The van der Waals surface area contributed by atoms with Crippen molar-refractivity contribution in [3.63, 3.8) is 0 Å². The van der Waals surface area contributed by atoms with Gasteiger partial charge in [0, 0.05) is 13.1 Å². The maximum Gasteiger partial charge on any atom is 0.236 e. The summed E-state index contributed by atoms with van der Waals surface area (Å²) in [5.74, 6) is 1.89. The van der Waals surface area contributed by atoms with Crippen molar-refractivity contribution in [1.82, 2.24) is 9.80 Å². The van der Waals surface area contributed by atoms with E-state index in [-0.39, 0.29) is 5.91 Å². The zero-order valence-electron chi connectivity index (χ0n) is 14.6. The molecule has 0 spiro atoms. The Labute approximate surface area is 144 Å². The summed E-state index contributed by atoms with van der Waals surface area (Å²) in [6, 6.07) is 8.36. The molecule has 1 aromatic rings. The van der Waals surface area contributed by atoms with E-state index in [1.54, 1.807) is 7.11 Å². The summed E-state index contributed by atoms with van der Waals surface area (Å²) in [4.78, 5) is 16.6. The SMILES string of the molecule is COc1cccc(CC2CCN(CC(=O)N3CCOCC3)CC2)c1. The minimum atomic E-state index is 0.254. The summed E-state index contributed by atoms with van der Waals surface area (Å²) >= 11 is 0. The average Bonchev–Trinajstić information content (AvgIpc) is 2.64. The fourth-order valence-corrected chi connectivity index (χ4v) is 3.59. The zero-order valence-corrected chi connectivity index (χ0v) is 14.6. The molecule has 2 aliphatic heterocycles. The zero-order chi connectivity index (χ0) is 16.8. The van der Waals surface area contributed by atoms with E-state index in [2.05, 4.69) is 23.1 Å². The number of piperidine rings is 1. The number of hydrogen-bond donors (Lipinski definition) is 0. The summed E-state index contributed by atoms with van der Waals surface area (Å²) < 4.78 is 10.6. The van der Waals surface area contributed by atoms with E-state index in [0.29, 0.717) is 25.7 Å². The lowest BCUT2D eigenvalue weighted by Gasteiger charge is -2.34. The highest BCUT2D eigenvalue weighted by Crippen LogP contribution is 2.23. The van der Waals surface area contributed by atoms with Crippen molar-refractivity contribution in [2.45, 2.75) is 19.3 Å². The van der Waals surface area contributed by atoms with Gasteiger partial charge in [0.15, 0.2) is 0 Å². The molecule has 2 heterocycles. The van der Waals surface area contributed by atoms with Gasteiger partial charge in [-0.1, -0.05) is 12.1 Å². The first-order chi connectivity index (χ1) is 11.7. The summed E-state index contributed by atoms with van der Waals surface area (Å²) in [5.41, 5.74) is 1.34. The highest BCUT2D eigenvalue weighted by atomic mass is 16.5. The van der Waals surface area contributed by atoms with Crippen LogP contribution in [0, 0.1) is 5.92 Å². The quantitative estimate of drug-likeness (QED) is 0.825. The lowest BCUT2D eigenvalue weighted by Crippen LogP contribution is -2.47. The maximum absolute atomic E-state index is 12.3. The van der Waals surface area contributed by atoms with Crippen LogP contribution in [0.1, 0.15) is 18.4 Å². The second kappa shape index (κ2) is 8.49. The number of benzene rings is 1. The number of methoxy groups -OCH3 is 1. The number of morpholine rings is 1. The molecule has 0 aliphatic carbocycles. The lowest BCUT2D eigenvalue weighted by atomic mass is 9.90. The van der Waals surface area contributed by atoms with Gasteiger partial charge in [-0.2, -0.15) is 0 Å². The van der Waals surface area contributed by atoms with Gasteiger partial charge >= 0.3 is 0 Å². The van der Waals surface area contributed by atoms with Crippen LogP contribution in [0.3, 0.4) is 0 Å². The molecule has 1 amide bonds. The molecule has 5 nitrogen and oxygen atoms in total. The third kappa shape index (κ3) is 4.71. The van der Waals surface area contributed by atoms with Crippen LogP contribution in [0.2, 0.25) is 0 Å². The van der Waals surface area contributed by atoms with Crippen molar-refractivity contribution in [1.29, 1.82) is 0 Å². The van der Waals surface area contributed by atoms with Crippen molar-refractivity contribution in [3.05, 3.63) is 29.8 Å². The van der Waals surface area contributed by atoms with Crippen LogP contribution in [0.4, 0.5) is 0 Å². The molecule has 3 rings (SSSR count). The molecule has 2 fully saturated rings. The third-order valence-corrected chi connectivity index (χ3v) is 5.09. The van der Waals surface area contributed by atoms with Gasteiger partial charge in [-0.3, -0.25) is 9.69 Å². The molecule has 0 unspecified atom stereocenters. The summed E-state index contributed by atoms with van der Waals surface area (Å²) in [6.07, 6.45) is 3.42. The standard InChI is InChI=1S/C19H28N2O3/c1-23-18-4-2-3-17(14-18)13-16-5-7-20(8-6-16)15-19(22)21-9-11-24-12-10-21/h2-4,14,16H,5-13,15H2,1H3. The van der Waals surface area contributed by atoms with Crippen LogP contribution < -0.4 is 4.74 Å². The van der Waals surface area contributed by atoms with E-state index >= 15 is 0 Å². The molecule has 5 heteroatoms. The number of likely N-dealkylation sites (tertiary alicyclic amines) is 1. The monoisotopic (exact) mass is 332 g/mol. The normalized spacial score (nSPS) is 20.1. The van der Waals surface area contributed by atoms with Gasteiger partial charge in [-0.15, -0.1) is 0 Å². The fraction of sp³-hybridized carbons (Fsp3) is 0.632. The largest absolute Gasteiger partial charge is 0.497 e. The molecule has 0 saturated carbocycles. The van der Waals surface area contributed by atoms with Gasteiger partial charge in [0.2, 0.25) is 5.91 Å². The molecule has 0 atom stereocenters. The predicted octanol–water partition coefficient (Wildman–Crippen LogP) is 1.81. The molecule has 0 bridgehead atoms. The van der Waals surface area contributed by atoms with E-state index in [1.165, 1.54) is 5.56 Å². The molecular weight excluding hydrogens is 304 g/mol. The van der Waals surface area contributed by atoms with Crippen molar-refractivity contribution in [2.24, 2.45) is 5.92 Å². The van der Waals surface area contributed by atoms with Gasteiger partial charge in [-0.05, 0) is 56.0 Å². The first kappa shape index (κ1) is 17.2. The molecular formula is C19H28N2O3. The third-order valence-electron chi connectivity index (χ3n) is 5.09. The Morgan fingerprint density at radius 3 is 2.67 bits per heavy atom. The van der Waals surface area contributed by atoms with E-state index < -0.39 is 0 Å². The topological polar surface area (TPSA) is 42.0 Å². The van der Waals surface area contributed by atoms with Gasteiger partial charge in [0.05, 0.1) is 26.9 Å². The fourth-order valence-electron chi connectivity index (χ4n) is 3.59. The molecule has 0 radical (unpaired) electrons. The van der Waals surface area contributed by atoms with E-state index in [9.17, 15) is 4.79 Å². The minimum Gasteiger partial charge on any atom is -0.497 e. The number of carbonyl (C=O) groups excluding carboxylic acids is 1. The summed E-state index contributed by atoms with van der Waals surface area (Å²) in [6.45, 7) is 5.43. The van der Waals surface area contributed by atoms with Gasteiger partial charge in [-0.25, -0.2) is 0 Å². The molecule has 24 heavy (non-hydrogen) atoms. The second-order valence-corrected chi connectivity index (χ2v) is 6.77. The van der Waals surface area contributed by atoms with E-state index in [0.717, 1.165) is 51.2 Å². The van der Waals surface area contributed by atoms with Crippen LogP contribution in [-0.2, 0) is 16.0 Å². The lowest BCUT2D eigenvalue weighted by molar-refractivity contribution is -0.136. The Kier molecular flexibility index (Phi) is 6.10. The van der Waals surface area contributed by atoms with Gasteiger partial charge in [0.25, 0.3) is 0 Å². The van der Waals surface area contributed by atoms with Crippen molar-refractivity contribution < 1.29 is 14.3 Å². The first-order valence-corrected chi connectivity index (χ1v) is 8.95. The number of ether oxygens (including phenoxy) is 2. The Morgan fingerprint density at radius 2 is 1.96 bits per heavy atom. The van der Waals surface area contributed by atoms with Crippen LogP contribution in [-0.4, -0.2) is 68.8 Å². The molecule has 132 valence electrons. The Balaban J connectivity index is 1.42. The highest BCUT2D eigenvalue weighted by molar-refractivity contribution is 5.78. The Bertz CT molecular complexity index is 535. The number of amides is 1. The maximum atomic E-state index is 12.3. The van der Waals surface area contributed by atoms with Crippen LogP contribution in [0.5, 0.6) is 5.75 Å². The van der Waals surface area contributed by atoms with Gasteiger partial charge in [0.1, 0.15) is 5.75 Å². The van der Waals surface area contributed by atoms with E-state index in [4.69, 9.17) is 9.47 Å². The Morgan fingerprint density at radius 1 is 1.21 bits per heavy atom. The van der Waals surface area contributed by atoms with E-state index in [1.807, 2.05) is 11.0 Å². The van der Waals surface area contributed by atoms with Crippen LogP contribution >= 0.6 is 0 Å². The molecule has 1 aromatic carbocycles. The molecule has 2 aliphatic rings. The first-order valence-electron chi connectivity index (χ1n) is 8.95. The number of nitrogens with zero attached hydrogens (tertiary/aromatic N) is 2. The van der Waals surface area contributed by atoms with Crippen LogP contribution in [0.15, 0.2) is 24.3 Å². The van der Waals surface area contributed by atoms with Gasteiger partial charge < -0.3 is 14.4 Å². The molecule has 0 aromatic heterocycles.